The first-order valence-corrected chi connectivity index (χ1v) is 0.597. The molecule has 4 heteroatoms. The summed E-state index contributed by atoms with van der Waals surface area (Å²) in [5.41, 5.74) is 0. The van der Waals surface area contributed by atoms with Crippen LogP contribution in [0.25, 0.3) is 0 Å². The van der Waals surface area contributed by atoms with Gasteiger partial charge in [0.05, 0.1) is 0 Å². The average molecular weight is 86.0 g/mol. The van der Waals surface area contributed by atoms with Crippen molar-refractivity contribution in [2.45, 2.75) is 0 Å². The summed E-state index contributed by atoms with van der Waals surface area (Å²) in [5, 5.41) is 8.22. The summed E-state index contributed by atoms with van der Waals surface area (Å²) >= 11 is 0. The molecule has 5 heavy (non-hydrogen) atoms. The summed E-state index contributed by atoms with van der Waals surface area (Å²) in [6, 6.07) is 0. The van der Waals surface area contributed by atoms with Gasteiger partial charge >= 0.3 is 29.6 Å². The van der Waals surface area contributed by atoms with Crippen LogP contribution in [0.3, 0.4) is 0 Å². The molecule has 0 aromatic carbocycles. The molecular weight excluding hydrogens is 86.0 g/mol. The van der Waals surface area contributed by atoms with Gasteiger partial charge in [-0.15, -0.1) is 0 Å². The topological polar surface area (TPSA) is 40.1 Å². The molecule has 0 aliphatic rings. The summed E-state index contributed by atoms with van der Waals surface area (Å²) < 4.78 is 9.81. The van der Waals surface area contributed by atoms with E-state index in [0.29, 0.717) is 0 Å². The van der Waals surface area contributed by atoms with Crippen LogP contribution >= 0.6 is 0 Å². The van der Waals surface area contributed by atoms with Crippen LogP contribution in [-0.2, 0) is 0 Å². The SMILES string of the molecule is O=C([O-])F.[Na+]. The van der Waals surface area contributed by atoms with Gasteiger partial charge in [0.15, 0.2) is 0 Å². The maximum atomic E-state index is 9.81. The molecule has 24 valence electrons. The number of hydrogen-bond donors (Lipinski definition) is 0. The number of carbonyl (C=O) groups is 1. The molecule has 0 rings (SSSR count). The maximum Gasteiger partial charge on any atom is 1.00 e. The van der Waals surface area contributed by atoms with Crippen LogP contribution in [0, 0.1) is 0 Å². The Morgan fingerprint density at radius 3 is 1.80 bits per heavy atom. The van der Waals surface area contributed by atoms with E-state index < -0.39 is 6.22 Å². The van der Waals surface area contributed by atoms with Crippen molar-refractivity contribution < 1.29 is 43.8 Å². The third-order valence-corrected chi connectivity index (χ3v) is 0. The van der Waals surface area contributed by atoms with Gasteiger partial charge in [0.1, 0.15) is 0 Å². The molecule has 2 nitrogen and oxygen atoms in total. The van der Waals surface area contributed by atoms with Gasteiger partial charge in [-0.1, -0.05) is 0 Å². The Morgan fingerprint density at radius 1 is 1.80 bits per heavy atom. The predicted molar refractivity (Wildman–Crippen MR) is 6.50 cm³/mol. The molecule has 0 aromatic heterocycles. The fourth-order valence-electron chi connectivity index (χ4n) is 0. The third-order valence-electron chi connectivity index (χ3n) is 0. The van der Waals surface area contributed by atoms with E-state index in [9.17, 15) is 4.39 Å². The van der Waals surface area contributed by atoms with Gasteiger partial charge in [0.25, 0.3) is 0 Å². The van der Waals surface area contributed by atoms with E-state index >= 15 is 0 Å². The van der Waals surface area contributed by atoms with E-state index in [-0.39, 0.29) is 29.6 Å². The normalized spacial score (nSPS) is 5.00. The Kier molecular flexibility index (Phi) is 7.96. The van der Waals surface area contributed by atoms with Crippen LogP contribution in [0.5, 0.6) is 0 Å². The molecule has 0 spiro atoms. The Morgan fingerprint density at radius 2 is 1.80 bits per heavy atom. The average Bonchev–Trinajstić information content (AvgIpc) is 0.811. The van der Waals surface area contributed by atoms with Crippen molar-refractivity contribution in [2.75, 3.05) is 0 Å². The minimum absolute atomic E-state index is 0. The second-order valence-electron chi connectivity index (χ2n) is 0.238. The van der Waals surface area contributed by atoms with Gasteiger partial charge in [-0.3, -0.25) is 0 Å². The van der Waals surface area contributed by atoms with Crippen molar-refractivity contribution in [1.82, 2.24) is 0 Å². The van der Waals surface area contributed by atoms with Crippen LogP contribution in [0.15, 0.2) is 0 Å². The van der Waals surface area contributed by atoms with E-state index in [4.69, 9.17) is 9.90 Å². The fourth-order valence-corrected chi connectivity index (χ4v) is 0. The number of rotatable bonds is 0. The Hall–Kier alpha value is 0.400. The molecule has 0 radical (unpaired) electrons. The molecule has 0 N–H and O–H groups in total. The van der Waals surface area contributed by atoms with E-state index in [0.717, 1.165) is 0 Å². The second-order valence-corrected chi connectivity index (χ2v) is 0.238. The third kappa shape index (κ3) is 158. The van der Waals surface area contributed by atoms with Gasteiger partial charge < -0.3 is 9.90 Å². The first-order chi connectivity index (χ1) is 1.73. The summed E-state index contributed by atoms with van der Waals surface area (Å²) in [6.45, 7) is 0. The summed E-state index contributed by atoms with van der Waals surface area (Å²) in [5.74, 6) is 0. The van der Waals surface area contributed by atoms with E-state index in [1.807, 2.05) is 0 Å². The summed E-state index contributed by atoms with van der Waals surface area (Å²) in [6.07, 6.45) is -2.58. The molecule has 0 saturated heterocycles. The van der Waals surface area contributed by atoms with Crippen LogP contribution in [0.4, 0.5) is 9.18 Å². The molecular formula is CFNaO2. The molecule has 0 amide bonds. The van der Waals surface area contributed by atoms with E-state index in [1.165, 1.54) is 0 Å². The summed E-state index contributed by atoms with van der Waals surface area (Å²) in [4.78, 5) is 8.22. The van der Waals surface area contributed by atoms with Crippen molar-refractivity contribution in [3.63, 3.8) is 0 Å². The molecule has 0 unspecified atom stereocenters. The number of carbonyl (C=O) groups excluding carboxylic acids is 1. The molecule has 0 atom stereocenters. The fraction of sp³-hybridized carbons (Fsp3) is 0. The Balaban J connectivity index is 0. The molecule has 0 saturated carbocycles. The Labute approximate surface area is 50.3 Å². The van der Waals surface area contributed by atoms with Crippen molar-refractivity contribution >= 4 is 6.22 Å². The zero-order valence-electron chi connectivity index (χ0n) is 2.69. The van der Waals surface area contributed by atoms with Crippen molar-refractivity contribution in [2.24, 2.45) is 0 Å². The summed E-state index contributed by atoms with van der Waals surface area (Å²) in [7, 11) is 0. The van der Waals surface area contributed by atoms with E-state index in [1.54, 1.807) is 0 Å². The quantitative estimate of drug-likeness (QED) is 0.225. The largest absolute Gasteiger partial charge is 1.00 e. The molecule has 0 aromatic rings. The number of carboxylic acid groups (broad SMARTS) is 1. The van der Waals surface area contributed by atoms with Gasteiger partial charge in [0.2, 0.25) is 6.22 Å². The molecule has 0 bridgehead atoms. The first kappa shape index (κ1) is 9.04. The second kappa shape index (κ2) is 4.40. The maximum absolute atomic E-state index is 9.81. The molecule has 0 aliphatic carbocycles. The first-order valence-electron chi connectivity index (χ1n) is 0.597. The monoisotopic (exact) mass is 86.0 g/mol. The Bertz CT molecular complexity index is 32.6. The van der Waals surface area contributed by atoms with Gasteiger partial charge in [-0.05, 0) is 0 Å². The molecule has 0 fully saturated rings. The zero-order chi connectivity index (χ0) is 3.58. The zero-order valence-corrected chi connectivity index (χ0v) is 4.69. The minimum atomic E-state index is -2.58. The molecule has 0 heterocycles. The van der Waals surface area contributed by atoms with Gasteiger partial charge in [-0.2, -0.15) is 4.39 Å². The predicted octanol–water partition coefficient (Wildman–Crippen LogP) is -3.70. The van der Waals surface area contributed by atoms with Gasteiger partial charge in [-0.25, -0.2) is 0 Å². The van der Waals surface area contributed by atoms with Crippen LogP contribution in [0.2, 0.25) is 0 Å². The van der Waals surface area contributed by atoms with Crippen LogP contribution < -0.4 is 34.7 Å². The van der Waals surface area contributed by atoms with E-state index in [2.05, 4.69) is 0 Å². The van der Waals surface area contributed by atoms with Crippen molar-refractivity contribution in [1.29, 1.82) is 0 Å². The number of hydrogen-bond acceptors (Lipinski definition) is 2. The smallest absolute Gasteiger partial charge is 0.520 e. The van der Waals surface area contributed by atoms with Crippen molar-refractivity contribution in [3.8, 4) is 0 Å². The van der Waals surface area contributed by atoms with Crippen LogP contribution in [-0.4, -0.2) is 6.22 Å². The molecule has 0 aliphatic heterocycles. The van der Waals surface area contributed by atoms with Crippen LogP contribution in [0.1, 0.15) is 0 Å². The number of halogens is 1. The van der Waals surface area contributed by atoms with Gasteiger partial charge in [0, 0.05) is 0 Å². The standard InChI is InChI=1S/CHFO2.Na/c2-1(3)4;/h(H,3,4);/q;+1/p-1. The minimum Gasteiger partial charge on any atom is -0.520 e. The van der Waals surface area contributed by atoms with Crippen molar-refractivity contribution in [3.05, 3.63) is 0 Å².